The molecule has 0 amide bonds. The van der Waals surface area contributed by atoms with Crippen LogP contribution in [0, 0.1) is 13.0 Å². The molecule has 1 aliphatic carbocycles. The van der Waals surface area contributed by atoms with E-state index in [1.807, 2.05) is 43.3 Å². The summed E-state index contributed by atoms with van der Waals surface area (Å²) in [6.07, 6.45) is 5.71. The van der Waals surface area contributed by atoms with Gasteiger partial charge < -0.3 is 24.8 Å². The minimum atomic E-state index is -4.29. The second kappa shape index (κ2) is 16.6. The van der Waals surface area contributed by atoms with Crippen molar-refractivity contribution in [2.24, 2.45) is 0 Å². The zero-order valence-electron chi connectivity index (χ0n) is 28.0. The van der Waals surface area contributed by atoms with Crippen LogP contribution in [0.3, 0.4) is 0 Å². The molecule has 0 heterocycles. The third-order valence-corrected chi connectivity index (χ3v) is 9.26. The molecule has 6 heteroatoms. The first-order valence-corrected chi connectivity index (χ1v) is 16.5. The van der Waals surface area contributed by atoms with Crippen LogP contribution in [0.25, 0.3) is 21.5 Å². The average Bonchev–Trinajstić information content (AvgIpc) is 3.68. The van der Waals surface area contributed by atoms with Gasteiger partial charge in [-0.3, -0.25) is 6.08 Å². The molecule has 246 valence electrons. The van der Waals surface area contributed by atoms with Crippen LogP contribution in [0.4, 0.5) is 13.2 Å². The Bertz CT molecular complexity index is 1770. The summed E-state index contributed by atoms with van der Waals surface area (Å²) in [5, 5.41) is 5.48. The molecule has 0 aliphatic heterocycles. The minimum absolute atomic E-state index is 0. The van der Waals surface area contributed by atoms with Gasteiger partial charge in [0.2, 0.25) is 0 Å². The van der Waals surface area contributed by atoms with Crippen molar-refractivity contribution in [1.29, 1.82) is 0 Å². The van der Waals surface area contributed by atoms with Crippen molar-refractivity contribution in [1.82, 2.24) is 0 Å². The quantitative estimate of drug-likeness (QED) is 0.202. The SMILES string of the molecule is CC(C)(C)c1ccc2c(c1)[cH-]c1cc(C(C)(C)C)ccc12.Cc1ccc([C](=[Zr+2])c2cccc(C(F)(F)F)c2)cc1.[C-]1=CC=CC1.[Cl-].[Cl-]. The molecule has 0 spiro atoms. The second-order valence-corrected chi connectivity index (χ2v) is 14.8. The Morgan fingerprint density at radius 2 is 1.21 bits per heavy atom. The standard InChI is InChI=1S/C21H25.C15H11F3.C5H5.2ClH.Zr/c1-20(2,3)16-7-9-18-14(12-16)11-15-13-17(21(4,5)6)8-10-19(15)18;1-11-5-7-12(8-6-11)9-13-3-2-4-14(10-13)15(16,17)18;1-2-4-5-3-1;;;/h7-13H,1-6H3;2-8,10H,1H3;1-3H,4H2;2*1H;/q-1;;-1;;;+2/p-2. The number of hydrogen-bond donors (Lipinski definition) is 0. The van der Waals surface area contributed by atoms with Crippen LogP contribution in [0.5, 0.6) is 0 Å². The van der Waals surface area contributed by atoms with Crippen molar-refractivity contribution in [3.8, 4) is 0 Å². The summed E-state index contributed by atoms with van der Waals surface area (Å²) in [7, 11) is 0. The average molecular weight is 753 g/mol. The van der Waals surface area contributed by atoms with Crippen LogP contribution in [-0.2, 0) is 41.2 Å². The molecule has 0 atom stereocenters. The molecule has 0 saturated carbocycles. The summed E-state index contributed by atoms with van der Waals surface area (Å²) in [5.41, 5.74) is 5.36. The third kappa shape index (κ3) is 10.9. The molecular formula is C41H41Cl2F3Zr-2. The number of fused-ring (bicyclic) bond motifs is 3. The van der Waals surface area contributed by atoms with E-state index in [4.69, 9.17) is 0 Å². The largest absolute Gasteiger partial charge is 1.00 e. The maximum Gasteiger partial charge on any atom is -0.109 e. The fourth-order valence-electron chi connectivity index (χ4n) is 5.03. The van der Waals surface area contributed by atoms with Crippen molar-refractivity contribution in [3.05, 3.63) is 149 Å². The molecular weight excluding hydrogens is 712 g/mol. The molecule has 47 heavy (non-hydrogen) atoms. The first kappa shape index (κ1) is 40.5. The molecule has 0 N–H and O–H groups in total. The fraction of sp³-hybridized carbons (Fsp3) is 0.268. The van der Waals surface area contributed by atoms with Gasteiger partial charge in [0, 0.05) is 0 Å². The van der Waals surface area contributed by atoms with Gasteiger partial charge in [0.1, 0.15) is 0 Å². The van der Waals surface area contributed by atoms with Crippen LogP contribution < -0.4 is 24.8 Å². The van der Waals surface area contributed by atoms with Gasteiger partial charge in [-0.25, -0.2) is 12.2 Å². The Morgan fingerprint density at radius 1 is 0.681 bits per heavy atom. The summed E-state index contributed by atoms with van der Waals surface area (Å²) < 4.78 is 39.0. The van der Waals surface area contributed by atoms with E-state index in [0.29, 0.717) is 5.56 Å². The number of halogens is 5. The van der Waals surface area contributed by atoms with E-state index in [0.717, 1.165) is 51.1 Å². The van der Waals surface area contributed by atoms with E-state index in [-0.39, 0.29) is 35.6 Å². The molecule has 0 bridgehead atoms. The Morgan fingerprint density at radius 3 is 1.62 bits per heavy atom. The first-order chi connectivity index (χ1) is 21.0. The van der Waals surface area contributed by atoms with E-state index in [2.05, 4.69) is 96.2 Å². The monoisotopic (exact) mass is 750 g/mol. The maximum atomic E-state index is 12.7. The van der Waals surface area contributed by atoms with Gasteiger partial charge in [-0.05, 0) is 10.8 Å². The predicted molar refractivity (Wildman–Crippen MR) is 182 cm³/mol. The summed E-state index contributed by atoms with van der Waals surface area (Å²) in [6.45, 7) is 15.6. The van der Waals surface area contributed by atoms with Crippen LogP contribution in [0.1, 0.15) is 81.3 Å². The Hall–Kier alpha value is -2.65. The zero-order valence-corrected chi connectivity index (χ0v) is 32.0. The molecule has 0 saturated heterocycles. The van der Waals surface area contributed by atoms with Gasteiger partial charge in [-0.2, -0.15) is 6.08 Å². The topological polar surface area (TPSA) is 0 Å². The number of aryl methyl sites for hydroxylation is 1. The Balaban J connectivity index is 0.000000275. The molecule has 5 aromatic rings. The summed E-state index contributed by atoms with van der Waals surface area (Å²) in [4.78, 5) is 0. The second-order valence-electron chi connectivity index (χ2n) is 13.6. The van der Waals surface area contributed by atoms with E-state index >= 15 is 0 Å². The molecule has 6 rings (SSSR count). The van der Waals surface area contributed by atoms with Crippen molar-refractivity contribution in [3.63, 3.8) is 0 Å². The van der Waals surface area contributed by atoms with Crippen LogP contribution >= 0.6 is 0 Å². The van der Waals surface area contributed by atoms with Gasteiger partial charge >= 0.3 is 124 Å². The Labute approximate surface area is 305 Å². The van der Waals surface area contributed by atoms with Crippen LogP contribution in [0.2, 0.25) is 0 Å². The van der Waals surface area contributed by atoms with Crippen LogP contribution in [-0.4, -0.2) is 3.21 Å². The number of allylic oxidation sites excluding steroid dienone is 4. The van der Waals surface area contributed by atoms with Gasteiger partial charge in [0.25, 0.3) is 0 Å². The number of hydrogen-bond acceptors (Lipinski definition) is 0. The maximum absolute atomic E-state index is 12.7. The molecule has 0 radical (unpaired) electrons. The van der Waals surface area contributed by atoms with Gasteiger partial charge in [-0.1, -0.05) is 76.9 Å². The van der Waals surface area contributed by atoms with Crippen molar-refractivity contribution < 1.29 is 62.2 Å². The zero-order chi connectivity index (χ0) is 33.0. The molecule has 0 unspecified atom stereocenters. The Kier molecular flexibility index (Phi) is 14.4. The molecule has 0 nitrogen and oxygen atoms in total. The van der Waals surface area contributed by atoms with Gasteiger partial charge in [0.05, 0.1) is 0 Å². The van der Waals surface area contributed by atoms with Crippen LogP contribution in [0.15, 0.2) is 109 Å². The summed E-state index contributed by atoms with van der Waals surface area (Å²) in [6, 6.07) is 29.5. The normalized spacial score (nSPS) is 12.4. The van der Waals surface area contributed by atoms with E-state index in [9.17, 15) is 13.2 Å². The van der Waals surface area contributed by atoms with Gasteiger partial charge in [0.15, 0.2) is 0 Å². The molecule has 5 aromatic carbocycles. The summed E-state index contributed by atoms with van der Waals surface area (Å²) >= 11 is 1.10. The van der Waals surface area contributed by atoms with Crippen molar-refractivity contribution >= 4 is 24.8 Å². The van der Waals surface area contributed by atoms with Crippen molar-refractivity contribution in [2.75, 3.05) is 0 Å². The first-order valence-electron chi connectivity index (χ1n) is 15.2. The molecule has 0 fully saturated rings. The molecule has 0 aromatic heterocycles. The van der Waals surface area contributed by atoms with E-state index in [1.54, 1.807) is 6.07 Å². The van der Waals surface area contributed by atoms with Gasteiger partial charge in [-0.15, -0.1) is 46.2 Å². The number of benzene rings is 4. The third-order valence-electron chi connectivity index (χ3n) is 7.84. The smallest absolute Gasteiger partial charge is 0.109 e. The minimum Gasteiger partial charge on any atom is -1.00 e. The number of alkyl halides is 3. The predicted octanol–water partition coefficient (Wildman–Crippen LogP) is 5.75. The van der Waals surface area contributed by atoms with E-state index < -0.39 is 11.7 Å². The molecule has 1 aliphatic rings. The van der Waals surface area contributed by atoms with E-state index in [1.165, 1.54) is 44.8 Å². The summed E-state index contributed by atoms with van der Waals surface area (Å²) in [5.74, 6) is 0. The van der Waals surface area contributed by atoms with Crippen molar-refractivity contribution in [2.45, 2.75) is 71.9 Å². The fourth-order valence-corrected chi connectivity index (χ4v) is 5.83. The number of rotatable bonds is 2.